The molecular formula is C17H24F2O5. The third kappa shape index (κ3) is 3.03. The molecule has 0 saturated heterocycles. The number of aliphatic carboxylic acids is 1. The SMILES string of the molecule is CC(C)(C)OC(=O)C12CC3CC(CC(OC(F)(F)C(=O)O)(C3)C1)C2. The van der Waals surface area contributed by atoms with Crippen LogP contribution in [0.25, 0.3) is 0 Å². The van der Waals surface area contributed by atoms with Crippen LogP contribution in [-0.4, -0.2) is 34.4 Å². The van der Waals surface area contributed by atoms with Crippen LogP contribution in [0.2, 0.25) is 0 Å². The highest BCUT2D eigenvalue weighted by Gasteiger charge is 2.65. The highest BCUT2D eigenvalue weighted by molar-refractivity contribution is 5.78. The molecule has 0 aromatic rings. The number of rotatable bonds is 4. The summed E-state index contributed by atoms with van der Waals surface area (Å²) in [5.41, 5.74) is -2.73. The van der Waals surface area contributed by atoms with E-state index in [1.807, 2.05) is 0 Å². The minimum atomic E-state index is -4.24. The maximum absolute atomic E-state index is 13.7. The van der Waals surface area contributed by atoms with E-state index in [-0.39, 0.29) is 24.2 Å². The third-order valence-electron chi connectivity index (χ3n) is 5.43. The molecule has 2 unspecified atom stereocenters. The van der Waals surface area contributed by atoms with Gasteiger partial charge in [0.15, 0.2) is 0 Å². The average molecular weight is 346 g/mol. The Hall–Kier alpha value is -1.24. The fourth-order valence-corrected chi connectivity index (χ4v) is 5.24. The van der Waals surface area contributed by atoms with Crippen molar-refractivity contribution < 1.29 is 33.0 Å². The van der Waals surface area contributed by atoms with Crippen LogP contribution in [0.1, 0.15) is 59.3 Å². The van der Waals surface area contributed by atoms with Crippen LogP contribution in [0.3, 0.4) is 0 Å². The summed E-state index contributed by atoms with van der Waals surface area (Å²) in [4.78, 5) is 23.6. The molecule has 4 aliphatic rings. The van der Waals surface area contributed by atoms with Crippen molar-refractivity contribution in [3.63, 3.8) is 0 Å². The minimum absolute atomic E-state index is 0.100. The first kappa shape index (κ1) is 17.6. The number of carboxylic acids is 1. The van der Waals surface area contributed by atoms with Gasteiger partial charge in [-0.25, -0.2) is 4.79 Å². The average Bonchev–Trinajstić information content (AvgIpc) is 2.33. The Morgan fingerprint density at radius 2 is 1.62 bits per heavy atom. The van der Waals surface area contributed by atoms with Crippen LogP contribution in [0.5, 0.6) is 0 Å². The van der Waals surface area contributed by atoms with Gasteiger partial charge in [0, 0.05) is 0 Å². The third-order valence-corrected chi connectivity index (χ3v) is 5.43. The zero-order valence-electron chi connectivity index (χ0n) is 14.2. The second-order valence-corrected chi connectivity index (χ2v) is 8.85. The normalized spacial score (nSPS) is 38.2. The Kier molecular flexibility index (Phi) is 3.76. The number of hydrogen-bond acceptors (Lipinski definition) is 4. The summed E-state index contributed by atoms with van der Waals surface area (Å²) < 4.78 is 37.8. The molecule has 5 nitrogen and oxygen atoms in total. The maximum Gasteiger partial charge on any atom is 0.456 e. The van der Waals surface area contributed by atoms with E-state index in [9.17, 15) is 18.4 Å². The number of ether oxygens (including phenoxy) is 2. The van der Waals surface area contributed by atoms with Crippen LogP contribution >= 0.6 is 0 Å². The van der Waals surface area contributed by atoms with E-state index in [1.165, 1.54) is 0 Å². The second kappa shape index (κ2) is 5.13. The Balaban J connectivity index is 1.87. The maximum atomic E-state index is 13.7. The summed E-state index contributed by atoms with van der Waals surface area (Å²) in [6, 6.07) is 0. The Morgan fingerprint density at radius 1 is 1.08 bits per heavy atom. The number of carboxylic acid groups (broad SMARTS) is 1. The number of carbonyl (C=O) groups excluding carboxylic acids is 1. The van der Waals surface area contributed by atoms with E-state index < -0.39 is 28.7 Å². The van der Waals surface area contributed by atoms with Crippen molar-refractivity contribution in [2.45, 2.75) is 76.6 Å². The van der Waals surface area contributed by atoms with Crippen molar-refractivity contribution in [2.24, 2.45) is 17.3 Å². The lowest BCUT2D eigenvalue weighted by molar-refractivity contribution is -0.322. The van der Waals surface area contributed by atoms with Gasteiger partial charge < -0.3 is 14.6 Å². The van der Waals surface area contributed by atoms with Gasteiger partial charge in [0.05, 0.1) is 11.0 Å². The molecule has 4 rings (SSSR count). The number of hydrogen-bond donors (Lipinski definition) is 1. The van der Waals surface area contributed by atoms with Gasteiger partial charge in [0.1, 0.15) is 5.60 Å². The zero-order chi connectivity index (χ0) is 18.0. The van der Waals surface area contributed by atoms with Crippen molar-refractivity contribution in [2.75, 3.05) is 0 Å². The van der Waals surface area contributed by atoms with E-state index in [4.69, 9.17) is 14.6 Å². The Labute approximate surface area is 139 Å². The van der Waals surface area contributed by atoms with Gasteiger partial charge >= 0.3 is 18.0 Å². The number of esters is 1. The molecule has 0 aromatic carbocycles. The van der Waals surface area contributed by atoms with Crippen molar-refractivity contribution in [3.05, 3.63) is 0 Å². The number of carbonyl (C=O) groups is 2. The monoisotopic (exact) mass is 346 g/mol. The van der Waals surface area contributed by atoms with E-state index >= 15 is 0 Å². The molecule has 2 atom stereocenters. The van der Waals surface area contributed by atoms with Crippen LogP contribution in [0.15, 0.2) is 0 Å². The molecule has 0 aromatic heterocycles. The summed E-state index contributed by atoms with van der Waals surface area (Å²) in [5, 5.41) is 8.70. The number of alkyl halides is 2. The molecule has 4 fully saturated rings. The van der Waals surface area contributed by atoms with Gasteiger partial charge in [-0.2, -0.15) is 8.78 Å². The van der Waals surface area contributed by atoms with Gasteiger partial charge in [-0.05, 0) is 71.1 Å². The summed E-state index contributed by atoms with van der Waals surface area (Å²) >= 11 is 0. The molecule has 24 heavy (non-hydrogen) atoms. The molecular weight excluding hydrogens is 322 g/mol. The first-order chi connectivity index (χ1) is 10.8. The fourth-order valence-electron chi connectivity index (χ4n) is 5.24. The van der Waals surface area contributed by atoms with E-state index in [1.54, 1.807) is 20.8 Å². The molecule has 4 saturated carbocycles. The molecule has 7 heteroatoms. The van der Waals surface area contributed by atoms with Crippen molar-refractivity contribution >= 4 is 11.9 Å². The highest BCUT2D eigenvalue weighted by atomic mass is 19.3. The first-order valence-electron chi connectivity index (χ1n) is 8.40. The lowest BCUT2D eigenvalue weighted by Crippen LogP contribution is -2.62. The molecule has 4 bridgehead atoms. The molecule has 0 aliphatic heterocycles. The lowest BCUT2D eigenvalue weighted by Gasteiger charge is -2.60. The van der Waals surface area contributed by atoms with Gasteiger partial charge in [-0.15, -0.1) is 0 Å². The second-order valence-electron chi connectivity index (χ2n) is 8.85. The highest BCUT2D eigenvalue weighted by Crippen LogP contribution is 2.64. The quantitative estimate of drug-likeness (QED) is 0.790. The standard InChI is InChI=1S/C17H24F2O5/c1-14(2,3)23-13(22)15-5-10-4-11(6-15)8-16(7-10,9-15)24-17(18,19)12(20)21/h10-11H,4-9H2,1-3H3,(H,20,21). The minimum Gasteiger partial charge on any atom is -0.475 e. The first-order valence-corrected chi connectivity index (χ1v) is 8.40. The molecule has 0 amide bonds. The van der Waals surface area contributed by atoms with Crippen molar-refractivity contribution in [1.82, 2.24) is 0 Å². The van der Waals surface area contributed by atoms with Gasteiger partial charge in [-0.1, -0.05) is 0 Å². The molecule has 0 heterocycles. The number of halogens is 2. The van der Waals surface area contributed by atoms with E-state index in [2.05, 4.69) is 0 Å². The summed E-state index contributed by atoms with van der Waals surface area (Å²) in [5.74, 6) is -2.45. The van der Waals surface area contributed by atoms with Crippen LogP contribution in [-0.2, 0) is 19.1 Å². The summed E-state index contributed by atoms with van der Waals surface area (Å²) in [6.45, 7) is 5.32. The zero-order valence-corrected chi connectivity index (χ0v) is 14.2. The van der Waals surface area contributed by atoms with E-state index in [0.717, 1.165) is 6.42 Å². The van der Waals surface area contributed by atoms with Crippen LogP contribution < -0.4 is 0 Å². The predicted molar refractivity (Wildman–Crippen MR) is 79.4 cm³/mol. The molecule has 0 radical (unpaired) electrons. The van der Waals surface area contributed by atoms with Crippen LogP contribution in [0.4, 0.5) is 8.78 Å². The summed E-state index contributed by atoms with van der Waals surface area (Å²) in [7, 11) is 0. The molecule has 4 aliphatic carbocycles. The molecule has 0 spiro atoms. The summed E-state index contributed by atoms with van der Waals surface area (Å²) in [6.07, 6.45) is -1.24. The Morgan fingerprint density at radius 3 is 2.08 bits per heavy atom. The Bertz CT molecular complexity index is 552. The topological polar surface area (TPSA) is 72.8 Å². The van der Waals surface area contributed by atoms with Gasteiger partial charge in [0.2, 0.25) is 0 Å². The van der Waals surface area contributed by atoms with Crippen LogP contribution in [0, 0.1) is 17.3 Å². The fraction of sp³-hybridized carbons (Fsp3) is 0.882. The lowest BCUT2D eigenvalue weighted by atomic mass is 9.48. The van der Waals surface area contributed by atoms with Gasteiger partial charge in [0.25, 0.3) is 0 Å². The largest absolute Gasteiger partial charge is 0.475 e. The van der Waals surface area contributed by atoms with E-state index in [0.29, 0.717) is 25.7 Å². The predicted octanol–water partition coefficient (Wildman–Crippen LogP) is 3.36. The smallest absolute Gasteiger partial charge is 0.456 e. The van der Waals surface area contributed by atoms with Gasteiger partial charge in [-0.3, -0.25) is 4.79 Å². The molecule has 1 N–H and O–H groups in total. The van der Waals surface area contributed by atoms with Crippen molar-refractivity contribution in [3.8, 4) is 0 Å². The van der Waals surface area contributed by atoms with Crippen molar-refractivity contribution in [1.29, 1.82) is 0 Å². The molecule has 136 valence electrons.